The van der Waals surface area contributed by atoms with E-state index in [0.29, 0.717) is 21.8 Å². The molecule has 140 valence electrons. The van der Waals surface area contributed by atoms with E-state index in [4.69, 9.17) is 27.8 Å². The fourth-order valence-electron chi connectivity index (χ4n) is 2.25. The second kappa shape index (κ2) is 9.05. The van der Waals surface area contributed by atoms with Crippen LogP contribution in [-0.2, 0) is 11.3 Å². The van der Waals surface area contributed by atoms with E-state index in [2.05, 4.69) is 5.32 Å². The summed E-state index contributed by atoms with van der Waals surface area (Å²) in [6.07, 6.45) is -3.52. The van der Waals surface area contributed by atoms with Gasteiger partial charge < -0.3 is 21.5 Å². The molecule has 0 atom stereocenters. The van der Waals surface area contributed by atoms with Gasteiger partial charge in [0.2, 0.25) is 0 Å². The van der Waals surface area contributed by atoms with E-state index < -0.39 is 18.9 Å². The van der Waals surface area contributed by atoms with Crippen LogP contribution in [0.1, 0.15) is 11.1 Å². The minimum atomic E-state index is -4.38. The Labute approximate surface area is 154 Å². The summed E-state index contributed by atoms with van der Waals surface area (Å²) in [6.45, 7) is -1.55. The number of para-hydroxylation sites is 1. The van der Waals surface area contributed by atoms with Crippen molar-refractivity contribution < 1.29 is 17.9 Å². The standard InChI is InChI=1S/C18H19ClF3N3O/c19-14-7-12(10-26-11-18(20,21)22)6-13(8-14)16(9-17(23)24)25-15-4-2-1-3-5-15/h1-9,17,25H,10-11,23-24H2/b16-9-. The predicted octanol–water partition coefficient (Wildman–Crippen LogP) is 4.12. The SMILES string of the molecule is NC(N)/C=C(\Nc1ccccc1)c1cc(Cl)cc(COCC(F)(F)F)c1. The van der Waals surface area contributed by atoms with Crippen LogP contribution in [0.25, 0.3) is 5.70 Å². The van der Waals surface area contributed by atoms with Gasteiger partial charge in [-0.3, -0.25) is 0 Å². The molecule has 0 aliphatic carbocycles. The van der Waals surface area contributed by atoms with Crippen molar-refractivity contribution in [3.8, 4) is 0 Å². The normalized spacial score (nSPS) is 12.5. The van der Waals surface area contributed by atoms with Gasteiger partial charge in [0.15, 0.2) is 0 Å². The van der Waals surface area contributed by atoms with Crippen molar-refractivity contribution in [1.29, 1.82) is 0 Å². The highest BCUT2D eigenvalue weighted by Crippen LogP contribution is 2.24. The maximum absolute atomic E-state index is 12.2. The molecule has 2 aromatic rings. The Balaban J connectivity index is 2.24. The van der Waals surface area contributed by atoms with Gasteiger partial charge in [-0.05, 0) is 47.5 Å². The summed E-state index contributed by atoms with van der Waals surface area (Å²) in [5, 5.41) is 3.54. The molecular formula is C18H19ClF3N3O. The summed E-state index contributed by atoms with van der Waals surface area (Å²) >= 11 is 6.11. The lowest BCUT2D eigenvalue weighted by molar-refractivity contribution is -0.176. The number of benzene rings is 2. The fourth-order valence-corrected chi connectivity index (χ4v) is 2.51. The van der Waals surface area contributed by atoms with Crippen LogP contribution < -0.4 is 16.8 Å². The average Bonchev–Trinajstić information content (AvgIpc) is 2.53. The molecule has 0 aromatic heterocycles. The number of nitrogens with two attached hydrogens (primary N) is 2. The summed E-state index contributed by atoms with van der Waals surface area (Å²) in [4.78, 5) is 0. The Morgan fingerprint density at radius 3 is 2.46 bits per heavy atom. The zero-order chi connectivity index (χ0) is 19.2. The number of alkyl halides is 3. The first-order chi connectivity index (χ1) is 12.2. The van der Waals surface area contributed by atoms with Crippen LogP contribution in [0.2, 0.25) is 5.02 Å². The van der Waals surface area contributed by atoms with Crippen LogP contribution in [0.15, 0.2) is 54.6 Å². The van der Waals surface area contributed by atoms with E-state index in [1.165, 1.54) is 0 Å². The molecule has 0 saturated carbocycles. The first-order valence-electron chi connectivity index (χ1n) is 7.72. The minimum Gasteiger partial charge on any atom is -0.367 e. The molecule has 0 fully saturated rings. The topological polar surface area (TPSA) is 73.3 Å². The second-order valence-electron chi connectivity index (χ2n) is 5.60. The molecule has 5 N–H and O–H groups in total. The van der Waals surface area contributed by atoms with Crippen molar-refractivity contribution in [3.63, 3.8) is 0 Å². The van der Waals surface area contributed by atoms with Crippen LogP contribution >= 0.6 is 11.6 Å². The molecule has 0 saturated heterocycles. The van der Waals surface area contributed by atoms with Crippen molar-refractivity contribution in [2.75, 3.05) is 11.9 Å². The molecule has 0 unspecified atom stereocenters. The Hall–Kier alpha value is -2.06. The zero-order valence-electron chi connectivity index (χ0n) is 13.8. The summed E-state index contributed by atoms with van der Waals surface area (Å²) in [5.41, 5.74) is 13.9. The Morgan fingerprint density at radius 2 is 1.85 bits per heavy atom. The van der Waals surface area contributed by atoms with E-state index in [9.17, 15) is 13.2 Å². The van der Waals surface area contributed by atoms with Gasteiger partial charge in [0.05, 0.1) is 12.8 Å². The Kier molecular flexibility index (Phi) is 7.05. The summed E-state index contributed by atoms with van der Waals surface area (Å²) in [7, 11) is 0. The van der Waals surface area contributed by atoms with Crippen LogP contribution in [0, 0.1) is 0 Å². The van der Waals surface area contributed by atoms with Gasteiger partial charge >= 0.3 is 6.18 Å². The van der Waals surface area contributed by atoms with Crippen molar-refractivity contribution in [2.45, 2.75) is 18.9 Å². The number of nitrogens with one attached hydrogen (secondary N) is 1. The van der Waals surface area contributed by atoms with Crippen LogP contribution in [0.5, 0.6) is 0 Å². The van der Waals surface area contributed by atoms with Gasteiger partial charge in [-0.25, -0.2) is 0 Å². The summed E-state index contributed by atoms with van der Waals surface area (Å²) in [6, 6.07) is 14.2. The molecule has 0 spiro atoms. The molecule has 2 rings (SSSR count). The van der Waals surface area contributed by atoms with Crippen molar-refractivity contribution >= 4 is 23.0 Å². The molecule has 8 heteroatoms. The predicted molar refractivity (Wildman–Crippen MR) is 97.4 cm³/mol. The van der Waals surface area contributed by atoms with Gasteiger partial charge in [0.25, 0.3) is 0 Å². The van der Waals surface area contributed by atoms with Gasteiger partial charge in [-0.15, -0.1) is 0 Å². The van der Waals surface area contributed by atoms with E-state index in [1.54, 1.807) is 24.3 Å². The minimum absolute atomic E-state index is 0.222. The first-order valence-corrected chi connectivity index (χ1v) is 8.10. The van der Waals surface area contributed by atoms with Crippen LogP contribution in [0.4, 0.5) is 18.9 Å². The molecule has 0 heterocycles. The molecule has 26 heavy (non-hydrogen) atoms. The molecule has 0 amide bonds. The molecular weight excluding hydrogens is 367 g/mol. The lowest BCUT2D eigenvalue weighted by Crippen LogP contribution is -2.28. The van der Waals surface area contributed by atoms with E-state index >= 15 is 0 Å². The summed E-state index contributed by atoms with van der Waals surface area (Å²) < 4.78 is 41.4. The summed E-state index contributed by atoms with van der Waals surface area (Å²) in [5.74, 6) is 0. The van der Waals surface area contributed by atoms with Gasteiger partial charge in [-0.2, -0.15) is 13.2 Å². The molecule has 0 bridgehead atoms. The van der Waals surface area contributed by atoms with Gasteiger partial charge in [0.1, 0.15) is 6.61 Å². The maximum atomic E-state index is 12.2. The maximum Gasteiger partial charge on any atom is 0.411 e. The van der Waals surface area contributed by atoms with E-state index in [-0.39, 0.29) is 6.61 Å². The molecule has 2 aromatic carbocycles. The highest BCUT2D eigenvalue weighted by atomic mass is 35.5. The number of anilines is 1. The third-order valence-electron chi connectivity index (χ3n) is 3.21. The van der Waals surface area contributed by atoms with Gasteiger partial charge in [-0.1, -0.05) is 29.8 Å². The van der Waals surface area contributed by atoms with Crippen molar-refractivity contribution in [2.24, 2.45) is 11.5 Å². The lowest BCUT2D eigenvalue weighted by Gasteiger charge is -2.15. The van der Waals surface area contributed by atoms with E-state index in [0.717, 1.165) is 5.69 Å². The van der Waals surface area contributed by atoms with Crippen molar-refractivity contribution in [3.05, 3.63) is 70.8 Å². The number of hydrogen-bond acceptors (Lipinski definition) is 4. The second-order valence-corrected chi connectivity index (χ2v) is 6.04. The third kappa shape index (κ3) is 7.05. The average molecular weight is 386 g/mol. The smallest absolute Gasteiger partial charge is 0.367 e. The first kappa shape index (κ1) is 20.3. The molecule has 4 nitrogen and oxygen atoms in total. The zero-order valence-corrected chi connectivity index (χ0v) is 14.5. The fraction of sp³-hybridized carbons (Fsp3) is 0.222. The lowest BCUT2D eigenvalue weighted by atomic mass is 10.1. The molecule has 0 aliphatic heterocycles. The van der Waals surface area contributed by atoms with Gasteiger partial charge in [0, 0.05) is 16.4 Å². The quantitative estimate of drug-likeness (QED) is 0.627. The Bertz CT molecular complexity index is 749. The van der Waals surface area contributed by atoms with Crippen LogP contribution in [-0.4, -0.2) is 18.9 Å². The van der Waals surface area contributed by atoms with Crippen molar-refractivity contribution in [1.82, 2.24) is 0 Å². The number of hydrogen-bond donors (Lipinski definition) is 3. The number of ether oxygens (including phenoxy) is 1. The largest absolute Gasteiger partial charge is 0.411 e. The monoisotopic (exact) mass is 385 g/mol. The third-order valence-corrected chi connectivity index (χ3v) is 3.43. The molecule has 0 radical (unpaired) electrons. The molecule has 0 aliphatic rings. The van der Waals surface area contributed by atoms with Crippen LogP contribution in [0.3, 0.4) is 0 Å². The van der Waals surface area contributed by atoms with E-state index in [1.807, 2.05) is 30.3 Å². The Morgan fingerprint density at radius 1 is 1.15 bits per heavy atom. The highest BCUT2D eigenvalue weighted by Gasteiger charge is 2.27. The number of halogens is 4. The number of rotatable bonds is 7. The highest BCUT2D eigenvalue weighted by molar-refractivity contribution is 6.30.